The molecule has 2 aliphatic heterocycles. The average Bonchev–Trinajstić information content (AvgIpc) is 3.61. The van der Waals surface area contributed by atoms with Crippen molar-refractivity contribution in [3.05, 3.63) is 65.7 Å². The highest BCUT2D eigenvalue weighted by Crippen LogP contribution is 2.35. The van der Waals surface area contributed by atoms with Gasteiger partial charge in [-0.2, -0.15) is 0 Å². The van der Waals surface area contributed by atoms with E-state index in [0.717, 1.165) is 16.5 Å². The maximum Gasteiger partial charge on any atom is 0.322 e. The number of carbonyl (C=O) groups excluding carboxylic acids is 3. The van der Waals surface area contributed by atoms with Crippen molar-refractivity contribution in [1.29, 1.82) is 0 Å². The predicted octanol–water partition coefficient (Wildman–Crippen LogP) is 1.92. The second-order valence-electron chi connectivity index (χ2n) is 8.20. The first-order valence-electron chi connectivity index (χ1n) is 10.5. The summed E-state index contributed by atoms with van der Waals surface area (Å²) in [6.45, 7) is 0.189. The molecule has 1 saturated heterocycles. The minimum atomic E-state index is -1.58. The Morgan fingerprint density at radius 2 is 2.03 bits per heavy atom. The largest absolute Gasteiger partial charge is 0.497 e. The van der Waals surface area contributed by atoms with E-state index in [-0.39, 0.29) is 18.2 Å². The van der Waals surface area contributed by atoms with E-state index in [1.54, 1.807) is 24.3 Å². The second kappa shape index (κ2) is 7.17. The van der Waals surface area contributed by atoms with Crippen molar-refractivity contribution in [2.45, 2.75) is 12.1 Å². The van der Waals surface area contributed by atoms with Gasteiger partial charge in [-0.3, -0.25) is 14.9 Å². The first kappa shape index (κ1) is 20.0. The number of nitrogens with one attached hydrogen (secondary N) is 3. The molecule has 2 aromatic heterocycles. The molecule has 170 valence electrons. The molecule has 11 heteroatoms. The number of nitrogens with zero attached hydrogens (tertiary/aromatic N) is 3. The number of methoxy groups -OCH3 is 1. The van der Waals surface area contributed by atoms with E-state index < -0.39 is 17.5 Å². The number of aromatic nitrogens is 3. The molecule has 0 radical (unpaired) electrons. The highest BCUT2D eigenvalue weighted by Gasteiger charge is 2.53. The molecule has 11 nitrogen and oxygen atoms in total. The van der Waals surface area contributed by atoms with Gasteiger partial charge >= 0.3 is 6.03 Å². The maximum absolute atomic E-state index is 13.1. The Morgan fingerprint density at radius 1 is 1.15 bits per heavy atom. The third-order valence-electron chi connectivity index (χ3n) is 6.20. The van der Waals surface area contributed by atoms with Crippen molar-refractivity contribution in [1.82, 2.24) is 30.7 Å². The standard InChI is InChI=1S/C23H18N6O5/c1-33-15-5-4-14-9-29(20(30)16(14)8-15)10-23(21(31)26-22(32)27-23)18-7-12-2-3-13(6-17(12)34-18)19-24-11-25-28-19/h2-8,11H,9-10H2,1H3,(H,24,25,28)(H2,26,27,31,32)/t23-/m0/s1. The van der Waals surface area contributed by atoms with Gasteiger partial charge in [-0.15, -0.1) is 10.2 Å². The molecule has 2 aliphatic rings. The smallest absolute Gasteiger partial charge is 0.322 e. The molecule has 3 N–H and O–H groups in total. The van der Waals surface area contributed by atoms with Crippen molar-refractivity contribution in [2.75, 3.05) is 13.7 Å². The number of carbonyl (C=O) groups is 3. The van der Waals surface area contributed by atoms with Crippen LogP contribution in [0.3, 0.4) is 0 Å². The number of imide groups is 1. The van der Waals surface area contributed by atoms with Gasteiger partial charge in [0.25, 0.3) is 11.8 Å². The number of H-pyrrole nitrogens is 1. The number of urea groups is 1. The highest BCUT2D eigenvalue weighted by atomic mass is 16.5. The van der Waals surface area contributed by atoms with Crippen LogP contribution in [-0.4, -0.2) is 51.6 Å². The van der Waals surface area contributed by atoms with Crippen LogP contribution in [0.15, 0.2) is 53.2 Å². The van der Waals surface area contributed by atoms with Crippen LogP contribution in [0, 0.1) is 0 Å². The number of fused-ring (bicyclic) bond motifs is 2. The normalized spacial score (nSPS) is 19.4. The van der Waals surface area contributed by atoms with Gasteiger partial charge in [0.1, 0.15) is 23.4 Å². The summed E-state index contributed by atoms with van der Waals surface area (Å²) in [6, 6.07) is 11.7. The van der Waals surface area contributed by atoms with E-state index in [1.165, 1.54) is 18.3 Å². The zero-order valence-electron chi connectivity index (χ0n) is 17.9. The molecule has 0 aliphatic carbocycles. The van der Waals surface area contributed by atoms with E-state index in [1.807, 2.05) is 18.2 Å². The van der Waals surface area contributed by atoms with Crippen molar-refractivity contribution in [3.8, 4) is 17.1 Å². The molecule has 0 bridgehead atoms. The molecule has 34 heavy (non-hydrogen) atoms. The number of hydrogen-bond acceptors (Lipinski definition) is 7. The Hall–Kier alpha value is -4.67. The van der Waals surface area contributed by atoms with Crippen LogP contribution in [0.1, 0.15) is 21.7 Å². The van der Waals surface area contributed by atoms with Crippen LogP contribution in [0.2, 0.25) is 0 Å². The predicted molar refractivity (Wildman–Crippen MR) is 118 cm³/mol. The van der Waals surface area contributed by atoms with Gasteiger partial charge in [0, 0.05) is 23.1 Å². The third-order valence-corrected chi connectivity index (χ3v) is 6.20. The third kappa shape index (κ3) is 2.94. The van der Waals surface area contributed by atoms with Crippen molar-refractivity contribution < 1.29 is 23.5 Å². The molecular formula is C23H18N6O5. The van der Waals surface area contributed by atoms with E-state index in [2.05, 4.69) is 25.8 Å². The van der Waals surface area contributed by atoms with Crippen molar-refractivity contribution in [2.24, 2.45) is 0 Å². The van der Waals surface area contributed by atoms with Gasteiger partial charge in [0.2, 0.25) is 0 Å². The number of amides is 4. The van der Waals surface area contributed by atoms with E-state index in [0.29, 0.717) is 29.3 Å². The minimum absolute atomic E-state index is 0.102. The lowest BCUT2D eigenvalue weighted by atomic mass is 9.95. The molecule has 0 unspecified atom stereocenters. The van der Waals surface area contributed by atoms with Crippen LogP contribution >= 0.6 is 0 Å². The minimum Gasteiger partial charge on any atom is -0.497 e. The number of furan rings is 1. The summed E-state index contributed by atoms with van der Waals surface area (Å²) in [5.41, 5.74) is 0.981. The Bertz CT molecular complexity index is 1480. The first-order chi connectivity index (χ1) is 16.5. The summed E-state index contributed by atoms with van der Waals surface area (Å²) < 4.78 is 11.3. The Balaban J connectivity index is 1.39. The lowest BCUT2D eigenvalue weighted by Gasteiger charge is -2.29. The molecule has 1 atom stereocenters. The quantitative estimate of drug-likeness (QED) is 0.388. The molecule has 0 saturated carbocycles. The number of rotatable bonds is 5. The van der Waals surface area contributed by atoms with Crippen LogP contribution < -0.4 is 15.4 Å². The molecular weight excluding hydrogens is 440 g/mol. The summed E-state index contributed by atoms with van der Waals surface area (Å²) in [4.78, 5) is 42.9. The highest BCUT2D eigenvalue weighted by molar-refractivity contribution is 6.08. The lowest BCUT2D eigenvalue weighted by Crippen LogP contribution is -2.52. The van der Waals surface area contributed by atoms with Crippen molar-refractivity contribution in [3.63, 3.8) is 0 Å². The number of benzene rings is 2. The van der Waals surface area contributed by atoms with Gasteiger partial charge in [-0.25, -0.2) is 4.79 Å². The Kier molecular flexibility index (Phi) is 4.21. The van der Waals surface area contributed by atoms with Crippen LogP contribution in [0.25, 0.3) is 22.4 Å². The molecule has 4 aromatic rings. The topological polar surface area (TPSA) is 142 Å². The van der Waals surface area contributed by atoms with E-state index in [4.69, 9.17) is 9.15 Å². The summed E-state index contributed by atoms with van der Waals surface area (Å²) in [6.07, 6.45) is 1.47. The fourth-order valence-electron chi connectivity index (χ4n) is 4.47. The number of aromatic amines is 1. The van der Waals surface area contributed by atoms with E-state index >= 15 is 0 Å². The fraction of sp³-hybridized carbons (Fsp3) is 0.174. The molecule has 6 rings (SSSR count). The zero-order chi connectivity index (χ0) is 23.4. The summed E-state index contributed by atoms with van der Waals surface area (Å²) in [5, 5.41) is 13.5. The zero-order valence-corrected chi connectivity index (χ0v) is 17.9. The number of ether oxygens (including phenoxy) is 1. The van der Waals surface area contributed by atoms with Gasteiger partial charge in [-0.05, 0) is 29.8 Å². The molecule has 0 spiro atoms. The van der Waals surface area contributed by atoms with Crippen LogP contribution in [0.5, 0.6) is 5.75 Å². The van der Waals surface area contributed by atoms with E-state index in [9.17, 15) is 14.4 Å². The molecule has 4 amide bonds. The Labute approximate surface area is 192 Å². The molecule has 4 heterocycles. The average molecular weight is 458 g/mol. The summed E-state index contributed by atoms with van der Waals surface area (Å²) >= 11 is 0. The van der Waals surface area contributed by atoms with Gasteiger partial charge in [0.15, 0.2) is 11.4 Å². The van der Waals surface area contributed by atoms with Crippen LogP contribution in [-0.2, 0) is 16.9 Å². The summed E-state index contributed by atoms with van der Waals surface area (Å²) in [5.74, 6) is 0.508. The van der Waals surface area contributed by atoms with Crippen molar-refractivity contribution >= 4 is 28.8 Å². The SMILES string of the molecule is COc1ccc2c(c1)C(=O)N(C[C@@]1(c3cc4ccc(-c5nnc[nH]5)cc4o3)NC(=O)NC1=O)C2. The monoisotopic (exact) mass is 458 g/mol. The van der Waals surface area contributed by atoms with Gasteiger partial charge in [0.05, 0.1) is 13.7 Å². The maximum atomic E-state index is 13.1. The molecule has 2 aromatic carbocycles. The first-order valence-corrected chi connectivity index (χ1v) is 10.5. The molecule has 1 fully saturated rings. The summed E-state index contributed by atoms with van der Waals surface area (Å²) in [7, 11) is 1.53. The fourth-order valence-corrected chi connectivity index (χ4v) is 4.47. The van der Waals surface area contributed by atoms with Gasteiger partial charge in [-0.1, -0.05) is 18.2 Å². The lowest BCUT2D eigenvalue weighted by molar-refractivity contribution is -0.125. The number of hydrogen-bond donors (Lipinski definition) is 3. The Morgan fingerprint density at radius 3 is 2.76 bits per heavy atom. The van der Waals surface area contributed by atoms with Crippen LogP contribution in [0.4, 0.5) is 4.79 Å². The second-order valence-corrected chi connectivity index (χ2v) is 8.20. The van der Waals surface area contributed by atoms with Gasteiger partial charge < -0.3 is 24.4 Å².